The second-order valence-electron chi connectivity index (χ2n) is 3.28. The van der Waals surface area contributed by atoms with Crippen LogP contribution in [0.15, 0.2) is 17.2 Å². The van der Waals surface area contributed by atoms with Gasteiger partial charge in [0.2, 0.25) is 15.9 Å². The maximum Gasteiger partial charge on any atom is 0.242 e. The lowest BCUT2D eigenvalue weighted by atomic mass is 10.4. The maximum atomic E-state index is 11.8. The zero-order chi connectivity index (χ0) is 13.2. The van der Waals surface area contributed by atoms with Gasteiger partial charge < -0.3 is 11.5 Å². The molecule has 1 amide bonds. The Bertz CT molecular complexity index is 546. The third-order valence-corrected chi connectivity index (χ3v) is 3.72. The van der Waals surface area contributed by atoms with Crippen LogP contribution in [0.2, 0.25) is 5.02 Å². The second-order valence-corrected chi connectivity index (χ2v) is 5.40. The highest BCUT2D eigenvalue weighted by molar-refractivity contribution is 7.89. The van der Waals surface area contributed by atoms with Crippen molar-refractivity contribution in [2.24, 2.45) is 5.73 Å². The number of carbonyl (C=O) groups is 1. The molecule has 0 bridgehead atoms. The van der Waals surface area contributed by atoms with E-state index >= 15 is 0 Å². The fourth-order valence-electron chi connectivity index (χ4n) is 0.937. The van der Waals surface area contributed by atoms with Crippen LogP contribution in [0.4, 0.5) is 5.82 Å². The fourth-order valence-corrected chi connectivity index (χ4v) is 2.35. The van der Waals surface area contributed by atoms with Gasteiger partial charge in [-0.25, -0.2) is 13.4 Å². The number of rotatable bonds is 4. The first-order chi connectivity index (χ1) is 7.74. The Morgan fingerprint density at radius 3 is 2.65 bits per heavy atom. The van der Waals surface area contributed by atoms with Crippen LogP contribution in [-0.2, 0) is 14.8 Å². The minimum atomic E-state index is -3.90. The van der Waals surface area contributed by atoms with Gasteiger partial charge in [0.1, 0.15) is 10.7 Å². The van der Waals surface area contributed by atoms with E-state index in [9.17, 15) is 13.2 Å². The van der Waals surface area contributed by atoms with Gasteiger partial charge in [0.15, 0.2) is 0 Å². The number of sulfonamides is 1. The molecule has 1 unspecified atom stereocenters. The molecule has 1 rings (SSSR count). The highest BCUT2D eigenvalue weighted by Crippen LogP contribution is 2.19. The molecule has 0 saturated carbocycles. The van der Waals surface area contributed by atoms with E-state index in [1.165, 1.54) is 6.92 Å². The Morgan fingerprint density at radius 2 is 2.18 bits per heavy atom. The Balaban J connectivity index is 3.05. The molecule has 0 radical (unpaired) electrons. The number of hydrogen-bond acceptors (Lipinski definition) is 5. The van der Waals surface area contributed by atoms with Crippen molar-refractivity contribution >= 4 is 33.3 Å². The van der Waals surface area contributed by atoms with Crippen molar-refractivity contribution in [2.45, 2.75) is 17.9 Å². The standard InChI is InChI=1S/C8H11ClN4O3S/c1-4(8(11)14)13-17(15,16)5-2-6(9)7(10)12-3-5/h2-4,13H,1H3,(H2,10,12)(H2,11,14). The van der Waals surface area contributed by atoms with E-state index in [0.29, 0.717) is 0 Å². The van der Waals surface area contributed by atoms with Gasteiger partial charge in [-0.2, -0.15) is 4.72 Å². The van der Waals surface area contributed by atoms with E-state index in [0.717, 1.165) is 12.3 Å². The summed E-state index contributed by atoms with van der Waals surface area (Å²) in [4.78, 5) is 14.2. The second kappa shape index (κ2) is 4.86. The summed E-state index contributed by atoms with van der Waals surface area (Å²) in [5, 5.41) is 0.0135. The number of hydrogen-bond donors (Lipinski definition) is 3. The number of amides is 1. The van der Waals surface area contributed by atoms with E-state index in [1.807, 2.05) is 0 Å². The number of nitrogens with two attached hydrogens (primary N) is 2. The average molecular weight is 279 g/mol. The molecule has 0 aliphatic carbocycles. The summed E-state index contributed by atoms with van der Waals surface area (Å²) in [5.41, 5.74) is 10.3. The molecule has 0 aliphatic rings. The van der Waals surface area contributed by atoms with Crippen LogP contribution in [-0.4, -0.2) is 25.4 Å². The number of carbonyl (C=O) groups excluding carboxylic acids is 1. The smallest absolute Gasteiger partial charge is 0.242 e. The zero-order valence-corrected chi connectivity index (χ0v) is 10.4. The SMILES string of the molecule is CC(NS(=O)(=O)c1cnc(N)c(Cl)c1)C(N)=O. The summed E-state index contributed by atoms with van der Waals surface area (Å²) in [6.07, 6.45) is 1.04. The molecule has 7 nitrogen and oxygen atoms in total. The molecule has 1 aromatic heterocycles. The summed E-state index contributed by atoms with van der Waals surface area (Å²) in [5.74, 6) is -0.767. The first-order valence-corrected chi connectivity index (χ1v) is 6.33. The molecule has 0 saturated heterocycles. The van der Waals surface area contributed by atoms with Crippen LogP contribution in [0.3, 0.4) is 0 Å². The minimum absolute atomic E-state index is 0.0135. The highest BCUT2D eigenvalue weighted by Gasteiger charge is 2.21. The third kappa shape index (κ3) is 3.29. The molecule has 94 valence electrons. The molecule has 0 fully saturated rings. The van der Waals surface area contributed by atoms with Crippen molar-refractivity contribution in [3.05, 3.63) is 17.3 Å². The topological polar surface area (TPSA) is 128 Å². The number of anilines is 1. The number of pyridine rings is 1. The van der Waals surface area contributed by atoms with Gasteiger partial charge in [-0.3, -0.25) is 4.79 Å². The van der Waals surface area contributed by atoms with Crippen molar-refractivity contribution < 1.29 is 13.2 Å². The summed E-state index contributed by atoms with van der Waals surface area (Å²) >= 11 is 5.65. The Hall–Kier alpha value is -1.38. The maximum absolute atomic E-state index is 11.8. The first kappa shape index (κ1) is 13.7. The van der Waals surface area contributed by atoms with Gasteiger partial charge in [-0.1, -0.05) is 11.6 Å². The molecule has 9 heteroatoms. The minimum Gasteiger partial charge on any atom is -0.382 e. The predicted octanol–water partition coefficient (Wildman–Crippen LogP) is -0.531. The van der Waals surface area contributed by atoms with Gasteiger partial charge in [-0.15, -0.1) is 0 Å². The van der Waals surface area contributed by atoms with Crippen molar-refractivity contribution in [1.82, 2.24) is 9.71 Å². The number of halogens is 1. The molecule has 1 aromatic rings. The lowest BCUT2D eigenvalue weighted by Crippen LogP contribution is -2.42. The fraction of sp³-hybridized carbons (Fsp3) is 0.250. The molecule has 17 heavy (non-hydrogen) atoms. The van der Waals surface area contributed by atoms with E-state index in [4.69, 9.17) is 23.1 Å². The van der Waals surface area contributed by atoms with E-state index < -0.39 is 22.0 Å². The van der Waals surface area contributed by atoms with Gasteiger partial charge in [0, 0.05) is 6.20 Å². The molecular weight excluding hydrogens is 268 g/mol. The average Bonchev–Trinajstić information content (AvgIpc) is 2.21. The Labute approximate surface area is 103 Å². The van der Waals surface area contributed by atoms with Crippen molar-refractivity contribution in [3.63, 3.8) is 0 Å². The predicted molar refractivity (Wildman–Crippen MR) is 62.6 cm³/mol. The first-order valence-electron chi connectivity index (χ1n) is 4.46. The third-order valence-electron chi connectivity index (χ3n) is 1.91. The number of primary amides is 1. The van der Waals surface area contributed by atoms with E-state index in [2.05, 4.69) is 9.71 Å². The lowest BCUT2D eigenvalue weighted by molar-refractivity contribution is -0.119. The van der Waals surface area contributed by atoms with E-state index in [1.54, 1.807) is 0 Å². The summed E-state index contributed by atoms with van der Waals surface area (Å²) < 4.78 is 25.6. The normalized spacial score (nSPS) is 13.3. The van der Waals surface area contributed by atoms with Crippen LogP contribution >= 0.6 is 11.6 Å². The van der Waals surface area contributed by atoms with Crippen LogP contribution < -0.4 is 16.2 Å². The molecular formula is C8H11ClN4O3S. The number of nitrogens with one attached hydrogen (secondary N) is 1. The van der Waals surface area contributed by atoms with E-state index in [-0.39, 0.29) is 15.7 Å². The summed E-state index contributed by atoms with van der Waals surface area (Å²) in [6, 6.07) is 0.108. The zero-order valence-electron chi connectivity index (χ0n) is 8.84. The van der Waals surface area contributed by atoms with Gasteiger partial charge in [0.05, 0.1) is 11.1 Å². The van der Waals surface area contributed by atoms with Gasteiger partial charge in [0.25, 0.3) is 0 Å². The monoisotopic (exact) mass is 278 g/mol. The van der Waals surface area contributed by atoms with Crippen molar-refractivity contribution in [2.75, 3.05) is 5.73 Å². The lowest BCUT2D eigenvalue weighted by Gasteiger charge is -2.11. The van der Waals surface area contributed by atoms with Crippen LogP contribution in [0.25, 0.3) is 0 Å². The molecule has 1 atom stereocenters. The molecule has 0 aromatic carbocycles. The number of aromatic nitrogens is 1. The Kier molecular flexibility index (Phi) is 3.91. The molecule has 0 aliphatic heterocycles. The summed E-state index contributed by atoms with van der Waals surface area (Å²) in [6.45, 7) is 1.33. The Morgan fingerprint density at radius 1 is 1.59 bits per heavy atom. The number of nitrogens with zero attached hydrogens (tertiary/aromatic N) is 1. The van der Waals surface area contributed by atoms with Crippen molar-refractivity contribution in [1.29, 1.82) is 0 Å². The molecule has 5 N–H and O–H groups in total. The van der Waals surface area contributed by atoms with Gasteiger partial charge in [-0.05, 0) is 13.0 Å². The highest BCUT2D eigenvalue weighted by atomic mass is 35.5. The number of nitrogen functional groups attached to an aromatic ring is 1. The van der Waals surface area contributed by atoms with Gasteiger partial charge >= 0.3 is 0 Å². The molecule has 1 heterocycles. The van der Waals surface area contributed by atoms with Crippen LogP contribution in [0, 0.1) is 0 Å². The van der Waals surface area contributed by atoms with Crippen molar-refractivity contribution in [3.8, 4) is 0 Å². The quantitative estimate of drug-likeness (QED) is 0.682. The largest absolute Gasteiger partial charge is 0.382 e. The summed E-state index contributed by atoms with van der Waals surface area (Å²) in [7, 11) is -3.90. The van der Waals surface area contributed by atoms with Crippen LogP contribution in [0.5, 0.6) is 0 Å². The van der Waals surface area contributed by atoms with Crippen LogP contribution in [0.1, 0.15) is 6.92 Å². The molecule has 0 spiro atoms.